The van der Waals surface area contributed by atoms with Crippen molar-refractivity contribution in [1.29, 1.82) is 0 Å². The second kappa shape index (κ2) is 5.35. The number of rotatable bonds is 2. The molecule has 20 heavy (non-hydrogen) atoms. The fraction of sp³-hybridized carbons (Fsp3) is 0.0625. The summed E-state index contributed by atoms with van der Waals surface area (Å²) in [6, 6.07) is 13.9. The minimum Gasteiger partial charge on any atom is -0.398 e. The van der Waals surface area contributed by atoms with E-state index >= 15 is 0 Å². The van der Waals surface area contributed by atoms with Crippen LogP contribution in [0.5, 0.6) is 0 Å². The summed E-state index contributed by atoms with van der Waals surface area (Å²) in [5.74, 6) is 0. The van der Waals surface area contributed by atoms with Gasteiger partial charge in [-0.25, -0.2) is 0 Å². The molecule has 0 spiro atoms. The van der Waals surface area contributed by atoms with Crippen molar-refractivity contribution >= 4 is 39.8 Å². The van der Waals surface area contributed by atoms with Crippen LogP contribution in [0.15, 0.2) is 58.5 Å². The Morgan fingerprint density at radius 3 is 2.55 bits per heavy atom. The van der Waals surface area contributed by atoms with Crippen molar-refractivity contribution in [3.8, 4) is 0 Å². The predicted molar refractivity (Wildman–Crippen MR) is 86.5 cm³/mol. The summed E-state index contributed by atoms with van der Waals surface area (Å²) in [4.78, 5) is 6.64. The van der Waals surface area contributed by atoms with Crippen LogP contribution >= 0.6 is 23.4 Å². The maximum atomic E-state index is 6.02. The summed E-state index contributed by atoms with van der Waals surface area (Å²) in [5, 5.41) is 2.88. The lowest BCUT2D eigenvalue weighted by molar-refractivity contribution is 1.22. The van der Waals surface area contributed by atoms with Gasteiger partial charge in [0.2, 0.25) is 0 Å². The van der Waals surface area contributed by atoms with Gasteiger partial charge in [0, 0.05) is 43.2 Å². The summed E-state index contributed by atoms with van der Waals surface area (Å²) in [7, 11) is 0. The first kappa shape index (κ1) is 13.3. The van der Waals surface area contributed by atoms with E-state index in [0.29, 0.717) is 0 Å². The minimum atomic E-state index is 0.747. The van der Waals surface area contributed by atoms with Gasteiger partial charge in [-0.05, 0) is 49.4 Å². The highest BCUT2D eigenvalue weighted by atomic mass is 35.5. The molecule has 3 aromatic rings. The molecule has 0 aliphatic carbocycles. The van der Waals surface area contributed by atoms with E-state index in [9.17, 15) is 0 Å². The highest BCUT2D eigenvalue weighted by Crippen LogP contribution is 2.36. The van der Waals surface area contributed by atoms with E-state index in [4.69, 9.17) is 17.3 Å². The highest BCUT2D eigenvalue weighted by Gasteiger charge is 2.07. The zero-order valence-corrected chi connectivity index (χ0v) is 12.5. The maximum absolute atomic E-state index is 6.02. The zero-order valence-electron chi connectivity index (χ0n) is 10.9. The maximum Gasteiger partial charge on any atom is 0.0410 e. The first-order valence-electron chi connectivity index (χ1n) is 6.22. The molecule has 0 saturated carbocycles. The summed E-state index contributed by atoms with van der Waals surface area (Å²) < 4.78 is 0. The lowest BCUT2D eigenvalue weighted by atomic mass is 10.1. The monoisotopic (exact) mass is 300 g/mol. The van der Waals surface area contributed by atoms with Crippen LogP contribution in [0.25, 0.3) is 10.8 Å². The number of hydrogen-bond donors (Lipinski definition) is 1. The quantitative estimate of drug-likeness (QED) is 0.682. The number of anilines is 1. The molecule has 1 heterocycles. The summed E-state index contributed by atoms with van der Waals surface area (Å²) in [6.45, 7) is 1.99. The second-order valence-corrected chi connectivity index (χ2v) is 6.13. The molecule has 0 saturated heterocycles. The Bertz CT molecular complexity index is 769. The number of fused-ring (bicyclic) bond motifs is 1. The Hall–Kier alpha value is -1.71. The van der Waals surface area contributed by atoms with E-state index in [0.717, 1.165) is 32.1 Å². The lowest BCUT2D eigenvalue weighted by Gasteiger charge is -2.09. The molecule has 0 unspecified atom stereocenters. The number of nitrogen functional groups attached to an aromatic ring is 1. The number of nitrogens with zero attached hydrogens (tertiary/aromatic N) is 1. The van der Waals surface area contributed by atoms with E-state index in [1.807, 2.05) is 43.5 Å². The Morgan fingerprint density at radius 2 is 1.80 bits per heavy atom. The summed E-state index contributed by atoms with van der Waals surface area (Å²) in [6.07, 6.45) is 1.84. The van der Waals surface area contributed by atoms with Crippen LogP contribution in [0.2, 0.25) is 5.02 Å². The van der Waals surface area contributed by atoms with Crippen molar-refractivity contribution < 1.29 is 0 Å². The molecule has 0 aliphatic rings. The third-order valence-electron chi connectivity index (χ3n) is 3.07. The third kappa shape index (κ3) is 2.60. The minimum absolute atomic E-state index is 0.747. The van der Waals surface area contributed by atoms with Crippen molar-refractivity contribution in [3.05, 3.63) is 59.4 Å². The predicted octanol–water partition coefficient (Wildman–Crippen LogP) is 4.93. The Morgan fingerprint density at radius 1 is 1.05 bits per heavy atom. The van der Waals surface area contributed by atoms with Crippen LogP contribution in [-0.2, 0) is 0 Å². The van der Waals surface area contributed by atoms with Gasteiger partial charge in [0.05, 0.1) is 0 Å². The van der Waals surface area contributed by atoms with E-state index in [-0.39, 0.29) is 0 Å². The van der Waals surface area contributed by atoms with Gasteiger partial charge in [0.1, 0.15) is 0 Å². The fourth-order valence-electron chi connectivity index (χ4n) is 2.06. The first-order valence-corrected chi connectivity index (χ1v) is 7.41. The molecule has 0 atom stereocenters. The lowest BCUT2D eigenvalue weighted by Crippen LogP contribution is -1.90. The number of benzene rings is 2. The van der Waals surface area contributed by atoms with Crippen LogP contribution < -0.4 is 5.73 Å². The molecule has 100 valence electrons. The van der Waals surface area contributed by atoms with Gasteiger partial charge in [-0.3, -0.25) is 4.98 Å². The average molecular weight is 301 g/mol. The Labute approximate surface area is 127 Å². The van der Waals surface area contributed by atoms with E-state index < -0.39 is 0 Å². The largest absolute Gasteiger partial charge is 0.398 e. The number of hydrogen-bond acceptors (Lipinski definition) is 3. The van der Waals surface area contributed by atoms with Gasteiger partial charge >= 0.3 is 0 Å². The molecular weight excluding hydrogens is 288 g/mol. The molecule has 1 aromatic heterocycles. The Balaban J connectivity index is 2.09. The summed E-state index contributed by atoms with van der Waals surface area (Å²) >= 11 is 7.62. The van der Waals surface area contributed by atoms with Gasteiger partial charge < -0.3 is 5.73 Å². The van der Waals surface area contributed by atoms with Crippen molar-refractivity contribution in [2.45, 2.75) is 16.7 Å². The van der Waals surface area contributed by atoms with Crippen LogP contribution in [-0.4, -0.2) is 4.98 Å². The standard InChI is InChI=1S/C16H13ClN2S/c1-10-8-13-14(9-19-10)15(18)6-7-16(13)20-12-4-2-11(17)3-5-12/h2-9H,18H2,1H3. The van der Waals surface area contributed by atoms with Gasteiger partial charge in [-0.15, -0.1) is 0 Å². The average Bonchev–Trinajstić information content (AvgIpc) is 2.44. The topological polar surface area (TPSA) is 38.9 Å². The second-order valence-electron chi connectivity index (χ2n) is 4.58. The number of pyridine rings is 1. The van der Waals surface area contributed by atoms with Gasteiger partial charge in [0.15, 0.2) is 0 Å². The molecule has 4 heteroatoms. The van der Waals surface area contributed by atoms with Crippen molar-refractivity contribution in [2.24, 2.45) is 0 Å². The molecule has 3 rings (SSSR count). The molecule has 2 nitrogen and oxygen atoms in total. The smallest absolute Gasteiger partial charge is 0.0410 e. The van der Waals surface area contributed by atoms with E-state index in [1.165, 1.54) is 4.90 Å². The SMILES string of the molecule is Cc1cc2c(Sc3ccc(Cl)cc3)ccc(N)c2cn1. The highest BCUT2D eigenvalue weighted by molar-refractivity contribution is 7.99. The number of aryl methyl sites for hydroxylation is 1. The van der Waals surface area contributed by atoms with Crippen LogP contribution in [0, 0.1) is 6.92 Å². The third-order valence-corrected chi connectivity index (χ3v) is 4.41. The van der Waals surface area contributed by atoms with Crippen LogP contribution in [0.1, 0.15) is 5.69 Å². The fourth-order valence-corrected chi connectivity index (χ4v) is 3.12. The van der Waals surface area contributed by atoms with Crippen molar-refractivity contribution in [3.63, 3.8) is 0 Å². The number of nitrogens with two attached hydrogens (primary N) is 1. The number of halogens is 1. The number of aromatic nitrogens is 1. The van der Waals surface area contributed by atoms with Gasteiger partial charge in [-0.1, -0.05) is 23.4 Å². The first-order chi connectivity index (χ1) is 9.63. The van der Waals surface area contributed by atoms with E-state index in [1.54, 1.807) is 11.8 Å². The summed E-state index contributed by atoms with van der Waals surface area (Å²) in [5.41, 5.74) is 7.77. The van der Waals surface area contributed by atoms with Gasteiger partial charge in [-0.2, -0.15) is 0 Å². The van der Waals surface area contributed by atoms with E-state index in [2.05, 4.69) is 17.1 Å². The molecule has 0 amide bonds. The zero-order chi connectivity index (χ0) is 14.1. The molecule has 0 bridgehead atoms. The molecule has 2 aromatic carbocycles. The van der Waals surface area contributed by atoms with Crippen molar-refractivity contribution in [1.82, 2.24) is 4.98 Å². The molecular formula is C16H13ClN2S. The molecule has 0 aliphatic heterocycles. The molecule has 0 fully saturated rings. The van der Waals surface area contributed by atoms with Crippen LogP contribution in [0.4, 0.5) is 5.69 Å². The molecule has 2 N–H and O–H groups in total. The molecule has 0 radical (unpaired) electrons. The van der Waals surface area contributed by atoms with Crippen LogP contribution in [0.3, 0.4) is 0 Å². The normalized spacial score (nSPS) is 10.9. The van der Waals surface area contributed by atoms with Gasteiger partial charge in [0.25, 0.3) is 0 Å². The Kier molecular flexibility index (Phi) is 3.55. The van der Waals surface area contributed by atoms with Crippen molar-refractivity contribution in [2.75, 3.05) is 5.73 Å².